The number of methoxy groups -OCH3 is 1. The standard InChI is InChI=1S/C19H26N4O5S/c1-5-7-14(15-9-13(26-4)10-16(24)28-15)21-18(25)19(20)11-29-17(22-19)12(3)23-27-8-6-2/h6,9-10,14H,2,5,7-8,11,20H2,1,3-4H3,(H,21,25)/b23-12+/t14-,19+/m1/s1. The maximum absolute atomic E-state index is 12.9. The van der Waals surface area contributed by atoms with Gasteiger partial charge in [0.05, 0.1) is 19.2 Å². The number of hydrogen-bond acceptors (Lipinski definition) is 9. The minimum absolute atomic E-state index is 0.253. The number of carbonyl (C=O) groups is 1. The monoisotopic (exact) mass is 422 g/mol. The van der Waals surface area contributed by atoms with E-state index in [0.29, 0.717) is 28.7 Å². The third-order valence-electron chi connectivity index (χ3n) is 4.05. The molecule has 0 saturated heterocycles. The van der Waals surface area contributed by atoms with Crippen LogP contribution >= 0.6 is 11.8 Å². The summed E-state index contributed by atoms with van der Waals surface area (Å²) in [6, 6.07) is 2.28. The van der Waals surface area contributed by atoms with Crippen LogP contribution in [0, 0.1) is 0 Å². The zero-order chi connectivity index (χ0) is 21.4. The number of oxime groups is 1. The Balaban J connectivity index is 2.19. The lowest BCUT2D eigenvalue weighted by molar-refractivity contribution is -0.126. The van der Waals surface area contributed by atoms with Crippen LogP contribution in [0.5, 0.6) is 5.75 Å². The molecule has 0 fully saturated rings. The third-order valence-corrected chi connectivity index (χ3v) is 5.30. The second kappa shape index (κ2) is 10.3. The van der Waals surface area contributed by atoms with Crippen LogP contribution < -0.4 is 21.4 Å². The molecule has 9 nitrogen and oxygen atoms in total. The van der Waals surface area contributed by atoms with Crippen LogP contribution in [-0.2, 0) is 9.63 Å². The highest BCUT2D eigenvalue weighted by Crippen LogP contribution is 2.27. The van der Waals surface area contributed by atoms with E-state index in [4.69, 9.17) is 19.7 Å². The topological polar surface area (TPSA) is 129 Å². The third kappa shape index (κ3) is 5.94. The summed E-state index contributed by atoms with van der Waals surface area (Å²) in [5.41, 5.74) is 4.76. The Kier molecular flexibility index (Phi) is 8.03. The Morgan fingerprint density at radius 3 is 3.00 bits per heavy atom. The molecule has 3 N–H and O–H groups in total. The predicted octanol–water partition coefficient (Wildman–Crippen LogP) is 1.98. The average molecular weight is 423 g/mol. The summed E-state index contributed by atoms with van der Waals surface area (Å²) in [5.74, 6) is 0.447. The Morgan fingerprint density at radius 1 is 1.59 bits per heavy atom. The number of amides is 1. The summed E-state index contributed by atoms with van der Waals surface area (Å²) in [6.07, 6.45) is 2.88. The van der Waals surface area contributed by atoms with Crippen molar-refractivity contribution in [3.63, 3.8) is 0 Å². The number of nitrogens with zero attached hydrogens (tertiary/aromatic N) is 2. The molecule has 0 saturated carbocycles. The van der Waals surface area contributed by atoms with Crippen molar-refractivity contribution in [2.45, 2.75) is 38.4 Å². The molecule has 0 aromatic carbocycles. The molecule has 29 heavy (non-hydrogen) atoms. The summed E-state index contributed by atoms with van der Waals surface area (Å²) >= 11 is 1.32. The number of thioether (sulfide) groups is 1. The number of hydrogen-bond donors (Lipinski definition) is 2. The number of rotatable bonds is 10. The van der Waals surface area contributed by atoms with Gasteiger partial charge in [0.15, 0.2) is 5.66 Å². The van der Waals surface area contributed by atoms with E-state index in [2.05, 4.69) is 22.0 Å². The Morgan fingerprint density at radius 2 is 2.34 bits per heavy atom. The van der Waals surface area contributed by atoms with Gasteiger partial charge in [-0.15, -0.1) is 11.8 Å². The molecule has 2 atom stereocenters. The van der Waals surface area contributed by atoms with Crippen molar-refractivity contribution in [2.75, 3.05) is 19.5 Å². The van der Waals surface area contributed by atoms with Crippen LogP contribution in [0.15, 0.2) is 44.1 Å². The van der Waals surface area contributed by atoms with Gasteiger partial charge in [-0.05, 0) is 13.3 Å². The number of carbonyl (C=O) groups excluding carboxylic acids is 1. The van der Waals surface area contributed by atoms with Crippen LogP contribution in [0.4, 0.5) is 0 Å². The van der Waals surface area contributed by atoms with Crippen LogP contribution in [0.1, 0.15) is 38.5 Å². The van der Waals surface area contributed by atoms with E-state index in [0.717, 1.165) is 6.42 Å². The molecule has 0 spiro atoms. The lowest BCUT2D eigenvalue weighted by atomic mass is 10.1. The number of ether oxygens (including phenoxy) is 1. The fourth-order valence-electron chi connectivity index (χ4n) is 2.57. The summed E-state index contributed by atoms with van der Waals surface area (Å²) in [4.78, 5) is 34.1. The minimum Gasteiger partial charge on any atom is -0.496 e. The second-order valence-electron chi connectivity index (χ2n) is 6.42. The first-order chi connectivity index (χ1) is 13.8. The van der Waals surface area contributed by atoms with E-state index in [1.807, 2.05) is 6.92 Å². The average Bonchev–Trinajstić information content (AvgIpc) is 3.11. The van der Waals surface area contributed by atoms with Gasteiger partial charge in [-0.1, -0.05) is 31.2 Å². The highest BCUT2D eigenvalue weighted by atomic mass is 32.2. The Bertz CT molecular complexity index is 866. The van der Waals surface area contributed by atoms with Crippen LogP contribution in [0.3, 0.4) is 0 Å². The number of nitrogens with two attached hydrogens (primary N) is 1. The van der Waals surface area contributed by atoms with Gasteiger partial charge < -0.3 is 19.3 Å². The largest absolute Gasteiger partial charge is 0.496 e. The zero-order valence-corrected chi connectivity index (χ0v) is 17.6. The molecule has 1 aliphatic heterocycles. The summed E-state index contributed by atoms with van der Waals surface area (Å²) in [5, 5.41) is 7.31. The molecule has 1 aromatic heterocycles. The number of aliphatic imine (C=N–C) groups is 1. The molecule has 10 heteroatoms. The van der Waals surface area contributed by atoms with Crippen LogP contribution in [0.25, 0.3) is 0 Å². The molecular formula is C19H26N4O5S. The van der Waals surface area contributed by atoms with E-state index < -0.39 is 23.2 Å². The maximum Gasteiger partial charge on any atom is 0.339 e. The Hall–Kier alpha value is -2.59. The summed E-state index contributed by atoms with van der Waals surface area (Å²) in [6.45, 7) is 7.50. The minimum atomic E-state index is -1.46. The van der Waals surface area contributed by atoms with Crippen molar-refractivity contribution in [3.05, 3.63) is 41.0 Å². The van der Waals surface area contributed by atoms with Crippen molar-refractivity contribution >= 4 is 28.4 Å². The quantitative estimate of drug-likeness (QED) is 0.255. The first kappa shape index (κ1) is 22.7. The second-order valence-corrected chi connectivity index (χ2v) is 7.39. The normalized spacial score (nSPS) is 20.0. The van der Waals surface area contributed by atoms with Gasteiger partial charge in [0.2, 0.25) is 0 Å². The van der Waals surface area contributed by atoms with Crippen molar-refractivity contribution in [2.24, 2.45) is 15.9 Å². The smallest absolute Gasteiger partial charge is 0.339 e. The predicted molar refractivity (Wildman–Crippen MR) is 113 cm³/mol. The lowest BCUT2D eigenvalue weighted by Gasteiger charge is -2.23. The van der Waals surface area contributed by atoms with Crippen molar-refractivity contribution in [1.29, 1.82) is 0 Å². The van der Waals surface area contributed by atoms with Crippen molar-refractivity contribution in [3.8, 4) is 5.75 Å². The molecule has 0 unspecified atom stereocenters. The van der Waals surface area contributed by atoms with E-state index in [9.17, 15) is 9.59 Å². The molecule has 1 aromatic rings. The highest BCUT2D eigenvalue weighted by molar-refractivity contribution is 8.16. The van der Waals surface area contributed by atoms with Gasteiger partial charge in [-0.3, -0.25) is 10.5 Å². The molecule has 2 heterocycles. The first-order valence-corrected chi connectivity index (χ1v) is 10.1. The summed E-state index contributed by atoms with van der Waals surface area (Å²) < 4.78 is 10.4. The SMILES string of the molecule is C=CCO/N=C(\C)C1=N[C@](N)(C(=O)N[C@H](CCC)c2cc(OC)cc(=O)o2)CS1. The maximum atomic E-state index is 12.9. The molecule has 1 amide bonds. The summed E-state index contributed by atoms with van der Waals surface area (Å²) in [7, 11) is 1.45. The van der Waals surface area contributed by atoms with E-state index in [-0.39, 0.29) is 12.4 Å². The fraction of sp³-hybridized carbons (Fsp3) is 0.474. The first-order valence-electron chi connectivity index (χ1n) is 9.12. The van der Waals surface area contributed by atoms with Crippen molar-refractivity contribution < 1.29 is 18.8 Å². The van der Waals surface area contributed by atoms with E-state index in [1.54, 1.807) is 19.1 Å². The zero-order valence-electron chi connectivity index (χ0n) is 16.8. The van der Waals surface area contributed by atoms with Crippen LogP contribution in [0.2, 0.25) is 0 Å². The molecular weight excluding hydrogens is 396 g/mol. The van der Waals surface area contributed by atoms with Gasteiger partial charge in [0.1, 0.15) is 28.9 Å². The van der Waals surface area contributed by atoms with Gasteiger partial charge in [-0.25, -0.2) is 9.79 Å². The molecule has 2 rings (SSSR count). The van der Waals surface area contributed by atoms with Gasteiger partial charge in [0, 0.05) is 11.8 Å². The molecule has 1 aliphatic rings. The number of nitrogens with one attached hydrogen (secondary N) is 1. The van der Waals surface area contributed by atoms with Gasteiger partial charge >= 0.3 is 5.63 Å². The van der Waals surface area contributed by atoms with Crippen LogP contribution in [-0.4, -0.2) is 41.8 Å². The van der Waals surface area contributed by atoms with E-state index in [1.165, 1.54) is 24.9 Å². The van der Waals surface area contributed by atoms with Gasteiger partial charge in [-0.2, -0.15) is 0 Å². The van der Waals surface area contributed by atoms with Crippen molar-refractivity contribution in [1.82, 2.24) is 5.32 Å². The fourth-order valence-corrected chi connectivity index (χ4v) is 3.60. The lowest BCUT2D eigenvalue weighted by Crippen LogP contribution is -2.54. The molecule has 158 valence electrons. The highest BCUT2D eigenvalue weighted by Gasteiger charge is 2.41. The van der Waals surface area contributed by atoms with E-state index >= 15 is 0 Å². The molecule has 0 bridgehead atoms. The Labute approximate surface area is 173 Å². The molecule has 0 radical (unpaired) electrons. The van der Waals surface area contributed by atoms with Gasteiger partial charge in [0.25, 0.3) is 5.91 Å². The molecule has 0 aliphatic carbocycles.